The first-order valence-electron chi connectivity index (χ1n) is 11.6. The number of anilines is 1. The number of hydrogen-bond donors (Lipinski definition) is 1. The van der Waals surface area contributed by atoms with E-state index in [0.717, 1.165) is 17.3 Å². The molecule has 0 bridgehead atoms. The van der Waals surface area contributed by atoms with Crippen molar-refractivity contribution in [2.45, 2.75) is 25.9 Å². The monoisotopic (exact) mass is 581 g/mol. The van der Waals surface area contributed by atoms with Gasteiger partial charge in [0.05, 0.1) is 19.7 Å². The first kappa shape index (κ1) is 28.5. The lowest BCUT2D eigenvalue weighted by Gasteiger charge is -2.43. The molecule has 1 aromatic heterocycles. The Hall–Kier alpha value is -3.55. The molecule has 0 radical (unpaired) electrons. The predicted molar refractivity (Wildman–Crippen MR) is 140 cm³/mol. The average molecular weight is 582 g/mol. The molecule has 1 atom stereocenters. The third-order valence-corrected chi connectivity index (χ3v) is 6.92. The highest BCUT2D eigenvalue weighted by Gasteiger charge is 2.36. The molecule has 4 rings (SSSR count). The van der Waals surface area contributed by atoms with E-state index in [1.165, 1.54) is 31.4 Å². The molecule has 1 unspecified atom stereocenters. The van der Waals surface area contributed by atoms with Crippen molar-refractivity contribution in [2.75, 3.05) is 24.7 Å². The number of aromatic nitrogens is 2. The molecular weight excluding hydrogens is 559 g/mol. The van der Waals surface area contributed by atoms with Gasteiger partial charge in [-0.05, 0) is 47.5 Å². The van der Waals surface area contributed by atoms with Crippen molar-refractivity contribution in [3.05, 3.63) is 76.6 Å². The second-order valence-electron chi connectivity index (χ2n) is 8.26. The van der Waals surface area contributed by atoms with Crippen molar-refractivity contribution in [1.82, 2.24) is 20.2 Å². The van der Waals surface area contributed by atoms with Crippen LogP contribution in [0.2, 0.25) is 5.15 Å². The minimum absolute atomic E-state index is 0.0502. The molecule has 0 saturated carbocycles. The van der Waals surface area contributed by atoms with E-state index < -0.39 is 24.1 Å². The van der Waals surface area contributed by atoms with Crippen molar-refractivity contribution in [1.29, 1.82) is 0 Å². The van der Waals surface area contributed by atoms with Crippen LogP contribution in [0.25, 0.3) is 0 Å². The lowest BCUT2D eigenvalue weighted by Crippen LogP contribution is -2.50. The van der Waals surface area contributed by atoms with Crippen LogP contribution in [0.5, 0.6) is 11.5 Å². The number of thioether (sulfide) groups is 1. The number of methoxy groups -OCH3 is 1. The number of benzene rings is 2. The minimum atomic E-state index is -4.88. The molecule has 2 amide bonds. The standard InChI is InChI=1S/C25H23ClF3N5O4S/c1-3-33-19(16-6-10-20(37-2)21(12-16)38-25(27,28)29)14-39-24(36)34(33)13-15-4-7-17(8-5-15)30-23(35)18-9-11-22(26)32-31-18/h4-12,19H,3,13-14H2,1-2H3,(H,30,35). The van der Waals surface area contributed by atoms with Gasteiger partial charge >= 0.3 is 6.36 Å². The molecule has 2 aromatic carbocycles. The third kappa shape index (κ3) is 7.11. The summed E-state index contributed by atoms with van der Waals surface area (Å²) in [5.74, 6) is -0.609. The normalized spacial score (nSPS) is 16.2. The number of nitrogens with zero attached hydrogens (tertiary/aromatic N) is 4. The molecule has 14 heteroatoms. The number of alkyl halides is 3. The molecule has 206 valence electrons. The van der Waals surface area contributed by atoms with E-state index >= 15 is 0 Å². The van der Waals surface area contributed by atoms with Crippen molar-refractivity contribution in [2.24, 2.45) is 0 Å². The number of amides is 2. The van der Waals surface area contributed by atoms with Gasteiger partial charge in [-0.3, -0.25) is 14.6 Å². The molecule has 1 aliphatic rings. The molecule has 39 heavy (non-hydrogen) atoms. The van der Waals surface area contributed by atoms with Gasteiger partial charge in [0, 0.05) is 18.0 Å². The van der Waals surface area contributed by atoms with Crippen LogP contribution < -0.4 is 14.8 Å². The van der Waals surface area contributed by atoms with Gasteiger partial charge in [0.25, 0.3) is 11.1 Å². The fourth-order valence-corrected chi connectivity index (χ4v) is 5.09. The summed E-state index contributed by atoms with van der Waals surface area (Å²) in [7, 11) is 1.26. The van der Waals surface area contributed by atoms with Crippen LogP contribution in [-0.2, 0) is 6.54 Å². The number of hydrogen-bond acceptors (Lipinski definition) is 8. The smallest absolute Gasteiger partial charge is 0.493 e. The summed E-state index contributed by atoms with van der Waals surface area (Å²) in [5.41, 5.74) is 1.94. The van der Waals surface area contributed by atoms with Crippen molar-refractivity contribution < 1.29 is 32.2 Å². The second-order valence-corrected chi connectivity index (χ2v) is 9.61. The van der Waals surface area contributed by atoms with Crippen LogP contribution in [-0.4, -0.2) is 57.1 Å². The van der Waals surface area contributed by atoms with E-state index in [0.29, 0.717) is 23.5 Å². The van der Waals surface area contributed by atoms with Crippen LogP contribution in [0.3, 0.4) is 0 Å². The van der Waals surface area contributed by atoms with Gasteiger partial charge in [-0.25, -0.2) is 5.01 Å². The van der Waals surface area contributed by atoms with Crippen LogP contribution in [0.4, 0.5) is 23.7 Å². The van der Waals surface area contributed by atoms with Crippen molar-refractivity contribution >= 4 is 40.2 Å². The summed E-state index contributed by atoms with van der Waals surface area (Å²) >= 11 is 6.78. The Balaban J connectivity index is 1.49. The van der Waals surface area contributed by atoms with Crippen molar-refractivity contribution in [3.8, 4) is 11.5 Å². The summed E-state index contributed by atoms with van der Waals surface area (Å²) < 4.78 is 48.0. The average Bonchev–Trinajstić information content (AvgIpc) is 2.90. The van der Waals surface area contributed by atoms with Gasteiger partial charge in [-0.2, -0.15) is 0 Å². The highest BCUT2D eigenvalue weighted by molar-refractivity contribution is 8.13. The molecule has 3 aromatic rings. The lowest BCUT2D eigenvalue weighted by atomic mass is 10.1. The van der Waals surface area contributed by atoms with Crippen LogP contribution >= 0.6 is 23.4 Å². The Morgan fingerprint density at radius 2 is 1.87 bits per heavy atom. The Labute approximate surface area is 231 Å². The van der Waals surface area contributed by atoms with Crippen LogP contribution in [0, 0.1) is 0 Å². The number of carbonyl (C=O) groups is 2. The number of rotatable bonds is 8. The fourth-order valence-electron chi connectivity index (χ4n) is 4.00. The topological polar surface area (TPSA) is 96.9 Å². The van der Waals surface area contributed by atoms with Gasteiger partial charge in [0.2, 0.25) is 0 Å². The number of nitrogens with one attached hydrogen (secondary N) is 1. The Bertz CT molecular complexity index is 1330. The number of carbonyl (C=O) groups excluding carboxylic acids is 2. The van der Waals surface area contributed by atoms with Crippen molar-refractivity contribution in [3.63, 3.8) is 0 Å². The Morgan fingerprint density at radius 1 is 1.13 bits per heavy atom. The van der Waals surface area contributed by atoms with Crippen LogP contribution in [0.1, 0.15) is 34.6 Å². The first-order chi connectivity index (χ1) is 18.6. The van der Waals surface area contributed by atoms with E-state index in [9.17, 15) is 22.8 Å². The summed E-state index contributed by atoms with van der Waals surface area (Å²) in [4.78, 5) is 25.2. The molecule has 1 aliphatic heterocycles. The molecule has 1 saturated heterocycles. The molecule has 0 spiro atoms. The van der Waals surface area contributed by atoms with Gasteiger partial charge in [0.1, 0.15) is 0 Å². The maximum Gasteiger partial charge on any atom is 0.573 e. The summed E-state index contributed by atoms with van der Waals surface area (Å²) in [6, 6.07) is 13.8. The SMILES string of the molecule is CCN1C(c2ccc(OC)c(OC(F)(F)F)c2)CSC(=O)N1Cc1ccc(NC(=O)c2ccc(Cl)nn2)cc1. The predicted octanol–water partition coefficient (Wildman–Crippen LogP) is 5.94. The molecule has 0 aliphatic carbocycles. The first-order valence-corrected chi connectivity index (χ1v) is 13.0. The summed E-state index contributed by atoms with van der Waals surface area (Å²) in [6.07, 6.45) is -4.88. The van der Waals surface area contributed by atoms with Gasteiger partial charge in [-0.15, -0.1) is 23.4 Å². The molecule has 1 N–H and O–H groups in total. The maximum absolute atomic E-state index is 13.0. The lowest BCUT2D eigenvalue weighted by molar-refractivity contribution is -0.275. The highest BCUT2D eigenvalue weighted by atomic mass is 35.5. The van der Waals surface area contributed by atoms with Crippen LogP contribution in [0.15, 0.2) is 54.6 Å². The van der Waals surface area contributed by atoms with E-state index in [-0.39, 0.29) is 28.4 Å². The summed E-state index contributed by atoms with van der Waals surface area (Å²) in [5, 5.41) is 13.5. The number of ether oxygens (including phenoxy) is 2. The fraction of sp³-hybridized carbons (Fsp3) is 0.280. The van der Waals surface area contributed by atoms with E-state index in [2.05, 4.69) is 20.3 Å². The minimum Gasteiger partial charge on any atom is -0.493 e. The Kier molecular flexibility index (Phi) is 8.83. The molecule has 2 heterocycles. The molecular formula is C25H23ClF3N5O4S. The zero-order valence-corrected chi connectivity index (χ0v) is 22.3. The number of hydrazine groups is 1. The second kappa shape index (κ2) is 12.1. The van der Waals surface area contributed by atoms with E-state index in [1.54, 1.807) is 35.3 Å². The zero-order chi connectivity index (χ0) is 28.2. The Morgan fingerprint density at radius 3 is 2.49 bits per heavy atom. The largest absolute Gasteiger partial charge is 0.573 e. The zero-order valence-electron chi connectivity index (χ0n) is 20.7. The molecule has 1 fully saturated rings. The quantitative estimate of drug-likeness (QED) is 0.349. The highest BCUT2D eigenvalue weighted by Crippen LogP contribution is 2.39. The van der Waals surface area contributed by atoms with Gasteiger partial charge < -0.3 is 14.8 Å². The van der Waals surface area contributed by atoms with E-state index in [1.807, 2.05) is 11.9 Å². The number of halogens is 4. The summed E-state index contributed by atoms with van der Waals surface area (Å²) in [6.45, 7) is 2.50. The van der Waals surface area contributed by atoms with Gasteiger partial charge in [-0.1, -0.05) is 48.5 Å². The van der Waals surface area contributed by atoms with Gasteiger partial charge in [0.15, 0.2) is 22.3 Å². The maximum atomic E-state index is 13.0. The van der Waals surface area contributed by atoms with E-state index in [4.69, 9.17) is 16.3 Å². The molecule has 9 nitrogen and oxygen atoms in total. The third-order valence-electron chi connectivity index (χ3n) is 5.78.